The van der Waals surface area contributed by atoms with Crippen LogP contribution in [0.2, 0.25) is 0 Å². The molecule has 2 unspecified atom stereocenters. The molecule has 0 saturated carbocycles. The molecular formula is C14H17NO2. The second-order valence-corrected chi connectivity index (χ2v) is 4.02. The van der Waals surface area contributed by atoms with Crippen LogP contribution in [0.15, 0.2) is 48.6 Å². The van der Waals surface area contributed by atoms with E-state index in [2.05, 4.69) is 0 Å². The van der Waals surface area contributed by atoms with Crippen molar-refractivity contribution in [1.82, 2.24) is 0 Å². The Balaban J connectivity index is 2.41. The van der Waals surface area contributed by atoms with Crippen molar-refractivity contribution >= 4 is 5.57 Å². The second kappa shape index (κ2) is 4.84. The van der Waals surface area contributed by atoms with Crippen LogP contribution in [0.5, 0.6) is 0 Å². The summed E-state index contributed by atoms with van der Waals surface area (Å²) in [7, 11) is 3.23. The van der Waals surface area contributed by atoms with Gasteiger partial charge in [-0.3, -0.25) is 5.73 Å². The molecule has 0 bridgehead atoms. The molecule has 1 aromatic carbocycles. The molecule has 3 nitrogen and oxygen atoms in total. The third-order valence-electron chi connectivity index (χ3n) is 3.02. The fraction of sp³-hybridized carbons (Fsp3) is 0.286. The lowest BCUT2D eigenvalue weighted by Gasteiger charge is -2.36. The number of rotatable bonds is 3. The smallest absolute Gasteiger partial charge is 0.166 e. The van der Waals surface area contributed by atoms with Crippen molar-refractivity contribution in [3.63, 3.8) is 0 Å². The standard InChI is InChI=1S/C14H17NO2/c1-16-13-12(11-7-4-3-5-8-11)9-6-10-14(13,15)17-2/h3-10,13H,15H2,1-2H3. The number of allylic oxidation sites excluding steroid dienone is 2. The maximum absolute atomic E-state index is 6.17. The largest absolute Gasteiger partial charge is 0.372 e. The van der Waals surface area contributed by atoms with Gasteiger partial charge >= 0.3 is 0 Å². The van der Waals surface area contributed by atoms with Gasteiger partial charge < -0.3 is 9.47 Å². The summed E-state index contributed by atoms with van der Waals surface area (Å²) >= 11 is 0. The summed E-state index contributed by atoms with van der Waals surface area (Å²) < 4.78 is 10.9. The van der Waals surface area contributed by atoms with E-state index in [1.54, 1.807) is 14.2 Å². The van der Waals surface area contributed by atoms with Gasteiger partial charge in [-0.05, 0) is 17.2 Å². The molecule has 0 radical (unpaired) electrons. The number of nitrogens with two attached hydrogens (primary N) is 1. The van der Waals surface area contributed by atoms with Crippen LogP contribution in [0.1, 0.15) is 5.56 Å². The molecule has 1 aliphatic rings. The van der Waals surface area contributed by atoms with Gasteiger partial charge in [0.25, 0.3) is 0 Å². The first-order valence-corrected chi connectivity index (χ1v) is 5.53. The summed E-state index contributed by atoms with van der Waals surface area (Å²) in [6, 6.07) is 10.0. The van der Waals surface area contributed by atoms with Crippen LogP contribution in [0, 0.1) is 0 Å². The first-order valence-electron chi connectivity index (χ1n) is 5.53. The topological polar surface area (TPSA) is 44.5 Å². The first kappa shape index (κ1) is 12.0. The Kier molecular flexibility index (Phi) is 3.43. The first-order chi connectivity index (χ1) is 8.21. The zero-order valence-electron chi connectivity index (χ0n) is 10.1. The van der Waals surface area contributed by atoms with Crippen molar-refractivity contribution in [3.8, 4) is 0 Å². The van der Waals surface area contributed by atoms with Gasteiger partial charge in [0.1, 0.15) is 6.10 Å². The van der Waals surface area contributed by atoms with Crippen molar-refractivity contribution < 1.29 is 9.47 Å². The summed E-state index contributed by atoms with van der Waals surface area (Å²) in [5.41, 5.74) is 7.38. The highest BCUT2D eigenvalue weighted by Gasteiger charge is 2.37. The molecule has 2 rings (SSSR count). The van der Waals surface area contributed by atoms with Crippen LogP contribution in [0.4, 0.5) is 0 Å². The molecule has 0 aromatic heterocycles. The van der Waals surface area contributed by atoms with E-state index in [4.69, 9.17) is 15.2 Å². The van der Waals surface area contributed by atoms with Crippen molar-refractivity contribution in [1.29, 1.82) is 0 Å². The molecule has 0 aliphatic heterocycles. The Morgan fingerprint density at radius 3 is 2.47 bits per heavy atom. The molecular weight excluding hydrogens is 214 g/mol. The van der Waals surface area contributed by atoms with Gasteiger partial charge in [-0.1, -0.05) is 42.5 Å². The van der Waals surface area contributed by atoms with E-state index in [0.717, 1.165) is 11.1 Å². The zero-order chi connectivity index (χ0) is 12.3. The SMILES string of the molecule is COC1C(c2ccccc2)=CC=CC1(N)OC. The van der Waals surface area contributed by atoms with E-state index in [1.165, 1.54) is 0 Å². The van der Waals surface area contributed by atoms with Crippen LogP contribution >= 0.6 is 0 Å². The Labute approximate surface area is 102 Å². The summed E-state index contributed by atoms with van der Waals surface area (Å²) in [4.78, 5) is 0. The van der Waals surface area contributed by atoms with Gasteiger partial charge in [0.2, 0.25) is 0 Å². The molecule has 3 heteroatoms. The number of benzene rings is 1. The van der Waals surface area contributed by atoms with Crippen molar-refractivity contribution in [3.05, 3.63) is 54.1 Å². The van der Waals surface area contributed by atoms with E-state index in [-0.39, 0.29) is 6.10 Å². The third kappa shape index (κ3) is 2.17. The lowest BCUT2D eigenvalue weighted by molar-refractivity contribution is -0.0575. The number of hydrogen-bond acceptors (Lipinski definition) is 3. The minimum atomic E-state index is -0.908. The highest BCUT2D eigenvalue weighted by Crippen LogP contribution is 2.31. The monoisotopic (exact) mass is 231 g/mol. The van der Waals surface area contributed by atoms with Crippen molar-refractivity contribution in [2.45, 2.75) is 11.8 Å². The third-order valence-corrected chi connectivity index (χ3v) is 3.02. The molecule has 17 heavy (non-hydrogen) atoms. The minimum Gasteiger partial charge on any atom is -0.372 e. The molecule has 0 spiro atoms. The highest BCUT2D eigenvalue weighted by atomic mass is 16.5. The van der Waals surface area contributed by atoms with Gasteiger partial charge in [-0.15, -0.1) is 0 Å². The van der Waals surface area contributed by atoms with Crippen molar-refractivity contribution in [2.24, 2.45) is 5.73 Å². The predicted molar refractivity (Wildman–Crippen MR) is 68.3 cm³/mol. The van der Waals surface area contributed by atoms with Gasteiger partial charge in [0, 0.05) is 14.2 Å². The van der Waals surface area contributed by atoms with E-state index in [1.807, 2.05) is 48.6 Å². The van der Waals surface area contributed by atoms with E-state index >= 15 is 0 Å². The van der Waals surface area contributed by atoms with Gasteiger partial charge in [0.05, 0.1) is 0 Å². The lowest BCUT2D eigenvalue weighted by Crippen LogP contribution is -2.53. The normalized spacial score (nSPS) is 27.9. The molecule has 90 valence electrons. The van der Waals surface area contributed by atoms with Crippen molar-refractivity contribution in [2.75, 3.05) is 14.2 Å². The fourth-order valence-corrected chi connectivity index (χ4v) is 2.08. The summed E-state index contributed by atoms with van der Waals surface area (Å²) in [6.07, 6.45) is 5.42. The molecule has 0 fully saturated rings. The minimum absolute atomic E-state index is 0.306. The fourth-order valence-electron chi connectivity index (χ4n) is 2.08. The molecule has 0 heterocycles. The molecule has 1 aliphatic carbocycles. The molecule has 0 saturated heterocycles. The van der Waals surface area contributed by atoms with E-state index < -0.39 is 5.72 Å². The zero-order valence-corrected chi connectivity index (χ0v) is 10.1. The predicted octanol–water partition coefficient (Wildman–Crippen LogP) is 1.96. The van der Waals surface area contributed by atoms with E-state index in [9.17, 15) is 0 Å². The van der Waals surface area contributed by atoms with Crippen LogP contribution in [0.3, 0.4) is 0 Å². The molecule has 2 atom stereocenters. The van der Waals surface area contributed by atoms with Gasteiger partial charge in [-0.2, -0.15) is 0 Å². The number of methoxy groups -OCH3 is 2. The van der Waals surface area contributed by atoms with Crippen LogP contribution in [-0.2, 0) is 9.47 Å². The number of ether oxygens (including phenoxy) is 2. The van der Waals surface area contributed by atoms with E-state index in [0.29, 0.717) is 0 Å². The second-order valence-electron chi connectivity index (χ2n) is 4.02. The average Bonchev–Trinajstić information content (AvgIpc) is 2.39. The number of hydrogen-bond donors (Lipinski definition) is 1. The summed E-state index contributed by atoms with van der Waals surface area (Å²) in [5.74, 6) is 0. The Hall–Kier alpha value is -1.42. The lowest BCUT2D eigenvalue weighted by atomic mass is 9.89. The Morgan fingerprint density at radius 2 is 1.88 bits per heavy atom. The summed E-state index contributed by atoms with van der Waals surface area (Å²) in [5, 5.41) is 0. The Bertz CT molecular complexity index is 439. The van der Waals surface area contributed by atoms with Crippen LogP contribution in [-0.4, -0.2) is 26.0 Å². The summed E-state index contributed by atoms with van der Waals surface area (Å²) in [6.45, 7) is 0. The molecule has 2 N–H and O–H groups in total. The molecule has 1 aromatic rings. The van der Waals surface area contributed by atoms with Crippen LogP contribution < -0.4 is 5.73 Å². The maximum atomic E-state index is 6.17. The van der Waals surface area contributed by atoms with Gasteiger partial charge in [0.15, 0.2) is 5.72 Å². The Morgan fingerprint density at radius 1 is 1.18 bits per heavy atom. The average molecular weight is 231 g/mol. The van der Waals surface area contributed by atoms with Gasteiger partial charge in [-0.25, -0.2) is 0 Å². The maximum Gasteiger partial charge on any atom is 0.166 e. The van der Waals surface area contributed by atoms with Crippen LogP contribution in [0.25, 0.3) is 5.57 Å². The molecule has 0 amide bonds. The quantitative estimate of drug-likeness (QED) is 0.809. The highest BCUT2D eigenvalue weighted by molar-refractivity contribution is 5.73.